The molecule has 0 saturated carbocycles. The molecule has 0 aliphatic rings. The summed E-state index contributed by atoms with van der Waals surface area (Å²) in [4.78, 5) is 2.18. The van der Waals surface area contributed by atoms with Crippen molar-refractivity contribution in [1.82, 2.24) is 9.62 Å². The van der Waals surface area contributed by atoms with Crippen molar-refractivity contribution >= 4 is 11.4 Å². The van der Waals surface area contributed by atoms with Crippen LogP contribution in [0.2, 0.25) is 0 Å². The smallest absolute Gasteiger partial charge is 0.126 e. The largest absolute Gasteiger partial charge is 0.598 e. The molecule has 1 N–H and O–H groups in total. The van der Waals surface area contributed by atoms with Gasteiger partial charge < -0.3 is 9.45 Å². The van der Waals surface area contributed by atoms with Gasteiger partial charge >= 0.3 is 0 Å². The van der Waals surface area contributed by atoms with Gasteiger partial charge in [0.2, 0.25) is 0 Å². The predicted molar refractivity (Wildman–Crippen MR) is 202 cm³/mol. The fraction of sp³-hybridized carbons (Fsp3) is 0.800. The maximum Gasteiger partial charge on any atom is 0.126 e. The Labute approximate surface area is 280 Å². The van der Waals surface area contributed by atoms with Crippen LogP contribution in [-0.4, -0.2) is 41.9 Å². The van der Waals surface area contributed by atoms with Crippen LogP contribution in [0.3, 0.4) is 0 Å². The van der Waals surface area contributed by atoms with Gasteiger partial charge in [-0.3, -0.25) is 0 Å². The number of rotatable bonds is 34. The molecule has 3 nitrogen and oxygen atoms in total. The van der Waals surface area contributed by atoms with E-state index in [4.69, 9.17) is 0 Å². The van der Waals surface area contributed by atoms with Gasteiger partial charge in [-0.25, -0.2) is 0 Å². The van der Waals surface area contributed by atoms with Gasteiger partial charge in [-0.1, -0.05) is 146 Å². The summed E-state index contributed by atoms with van der Waals surface area (Å²) in [5.41, 5.74) is 0. The summed E-state index contributed by atoms with van der Waals surface area (Å²) in [7, 11) is 4.18. The van der Waals surface area contributed by atoms with Crippen LogP contribution in [0, 0.1) is 0 Å². The van der Waals surface area contributed by atoms with Crippen LogP contribution >= 0.6 is 0 Å². The first-order chi connectivity index (χ1) is 21.6. The third kappa shape index (κ3) is 35.7. The molecule has 0 aromatic rings. The summed E-state index contributed by atoms with van der Waals surface area (Å²) in [5, 5.41) is 0. The number of hydrogen-bond donors (Lipinski definition) is 1. The van der Waals surface area contributed by atoms with E-state index in [0.717, 1.165) is 31.6 Å². The zero-order valence-electron chi connectivity index (χ0n) is 30.1. The molecule has 2 unspecified atom stereocenters. The lowest BCUT2D eigenvalue weighted by Gasteiger charge is -2.21. The fourth-order valence-corrected chi connectivity index (χ4v) is 6.53. The number of nitrogens with one attached hydrogen (secondary N) is 1. The van der Waals surface area contributed by atoms with Crippen molar-refractivity contribution in [2.75, 3.05) is 26.4 Å². The van der Waals surface area contributed by atoms with Gasteiger partial charge in [0.25, 0.3) is 0 Å². The van der Waals surface area contributed by atoms with Crippen molar-refractivity contribution in [3.05, 3.63) is 48.6 Å². The van der Waals surface area contributed by atoms with Gasteiger partial charge in [-0.2, -0.15) is 0 Å². The summed E-state index contributed by atoms with van der Waals surface area (Å²) < 4.78 is 16.2. The van der Waals surface area contributed by atoms with Crippen molar-refractivity contribution in [2.24, 2.45) is 0 Å². The Morgan fingerprint density at radius 1 is 0.523 bits per heavy atom. The van der Waals surface area contributed by atoms with Crippen molar-refractivity contribution in [1.29, 1.82) is 0 Å². The van der Waals surface area contributed by atoms with Crippen LogP contribution in [0.15, 0.2) is 48.6 Å². The first-order valence-corrected chi connectivity index (χ1v) is 20.3. The average molecular weight is 633 g/mol. The lowest BCUT2D eigenvalue weighted by molar-refractivity contribution is 0.406. The summed E-state index contributed by atoms with van der Waals surface area (Å²) in [6.45, 7) is 5.52. The normalized spacial score (nSPS) is 14.0. The van der Waals surface area contributed by atoms with Crippen molar-refractivity contribution < 1.29 is 4.55 Å². The maximum atomic E-state index is 12.7. The van der Waals surface area contributed by atoms with Gasteiger partial charge in [0.1, 0.15) is 5.75 Å². The molecule has 0 aromatic heterocycles. The zero-order valence-corrected chi connectivity index (χ0v) is 30.9. The van der Waals surface area contributed by atoms with E-state index in [1.807, 2.05) is 0 Å². The van der Waals surface area contributed by atoms with E-state index >= 15 is 0 Å². The summed E-state index contributed by atoms with van der Waals surface area (Å²) in [6, 6.07) is 0.411. The Kier molecular flexibility index (Phi) is 36.0. The minimum Gasteiger partial charge on any atom is -0.598 e. The molecule has 2 atom stereocenters. The second-order valence-electron chi connectivity index (χ2n) is 13.1. The topological polar surface area (TPSA) is 38.3 Å². The first-order valence-electron chi connectivity index (χ1n) is 19.0. The summed E-state index contributed by atoms with van der Waals surface area (Å²) in [6.07, 6.45) is 50.2. The van der Waals surface area contributed by atoms with E-state index < -0.39 is 11.4 Å². The molecule has 0 saturated heterocycles. The van der Waals surface area contributed by atoms with Crippen molar-refractivity contribution in [3.8, 4) is 0 Å². The molecule has 0 aromatic carbocycles. The number of unbranched alkanes of at least 4 members (excludes halogenated alkanes) is 16. The third-order valence-corrected chi connectivity index (χ3v) is 9.50. The van der Waals surface area contributed by atoms with Crippen LogP contribution < -0.4 is 4.72 Å². The van der Waals surface area contributed by atoms with E-state index in [9.17, 15) is 4.55 Å². The standard InChI is InChI=1S/C40H76N2OS/c1-5-7-9-11-13-15-17-19-21-23-25-27-29-31-33-36-40(41-44(43)39-35-38-42(3)4)37-34-32-30-28-26-24-22-20-18-16-14-12-10-8-6-2/h11,13-14,16-17,19-20,22,40-41H,5-10,12,15,18,21,23-39H2,1-4H3/b13-11+,16-14-,19-17-,22-20+. The molecular formula is C40H76N2OS. The highest BCUT2D eigenvalue weighted by molar-refractivity contribution is 7.89. The van der Waals surface area contributed by atoms with Crippen LogP contribution in [0.4, 0.5) is 0 Å². The highest BCUT2D eigenvalue weighted by atomic mass is 32.2. The van der Waals surface area contributed by atoms with Crippen LogP contribution in [-0.2, 0) is 11.4 Å². The molecule has 0 bridgehead atoms. The van der Waals surface area contributed by atoms with Crippen LogP contribution in [0.1, 0.15) is 174 Å². The average Bonchev–Trinajstić information content (AvgIpc) is 3.00. The van der Waals surface area contributed by atoms with Gasteiger partial charge in [0, 0.05) is 24.3 Å². The Balaban J connectivity index is 4.03. The molecular weight excluding hydrogens is 557 g/mol. The molecule has 0 aliphatic heterocycles. The zero-order chi connectivity index (χ0) is 32.2. The molecule has 0 fully saturated rings. The number of nitrogens with zero attached hydrogens (tertiary/aromatic N) is 1. The van der Waals surface area contributed by atoms with Crippen molar-refractivity contribution in [3.63, 3.8) is 0 Å². The highest BCUT2D eigenvalue weighted by Crippen LogP contribution is 2.16. The second-order valence-corrected chi connectivity index (χ2v) is 14.4. The minimum absolute atomic E-state index is 0.411. The van der Waals surface area contributed by atoms with Gasteiger partial charge in [0.05, 0.1) is 6.04 Å². The molecule has 0 radical (unpaired) electrons. The third-order valence-electron chi connectivity index (χ3n) is 8.24. The van der Waals surface area contributed by atoms with E-state index in [0.29, 0.717) is 6.04 Å². The van der Waals surface area contributed by atoms with E-state index in [1.54, 1.807) is 0 Å². The number of hydrogen-bond acceptors (Lipinski definition) is 3. The fourth-order valence-electron chi connectivity index (χ4n) is 5.41. The Hall–Kier alpha value is -0.810. The molecule has 0 rings (SSSR count). The van der Waals surface area contributed by atoms with E-state index in [1.165, 1.54) is 141 Å². The molecule has 0 heterocycles. The maximum absolute atomic E-state index is 12.7. The minimum atomic E-state index is -0.902. The Bertz CT molecular complexity index is 672. The second kappa shape index (κ2) is 36.7. The molecule has 44 heavy (non-hydrogen) atoms. The lowest BCUT2D eigenvalue weighted by Crippen LogP contribution is -2.37. The lowest BCUT2D eigenvalue weighted by atomic mass is 10.0. The Morgan fingerprint density at radius 2 is 0.932 bits per heavy atom. The predicted octanol–water partition coefficient (Wildman–Crippen LogP) is 12.2. The molecule has 258 valence electrons. The monoisotopic (exact) mass is 633 g/mol. The molecule has 0 spiro atoms. The van der Waals surface area contributed by atoms with Gasteiger partial charge in [-0.15, -0.1) is 4.72 Å². The Morgan fingerprint density at radius 3 is 1.39 bits per heavy atom. The van der Waals surface area contributed by atoms with Gasteiger partial charge in [0.15, 0.2) is 0 Å². The van der Waals surface area contributed by atoms with E-state index in [-0.39, 0.29) is 0 Å². The van der Waals surface area contributed by atoms with Gasteiger partial charge in [-0.05, 0) is 84.7 Å². The summed E-state index contributed by atoms with van der Waals surface area (Å²) in [5.74, 6) is 0.764. The number of allylic oxidation sites excluding steroid dienone is 8. The quantitative estimate of drug-likeness (QED) is 0.0436. The van der Waals surface area contributed by atoms with Crippen LogP contribution in [0.25, 0.3) is 0 Å². The first kappa shape index (κ1) is 43.2. The van der Waals surface area contributed by atoms with Crippen LogP contribution in [0.5, 0.6) is 0 Å². The van der Waals surface area contributed by atoms with Crippen molar-refractivity contribution in [2.45, 2.75) is 180 Å². The van der Waals surface area contributed by atoms with E-state index in [2.05, 4.69) is 86.2 Å². The molecule has 0 amide bonds. The molecule has 4 heteroatoms. The highest BCUT2D eigenvalue weighted by Gasteiger charge is 2.16. The SMILES string of the molecule is CCCC/C=C/C/C=C\CCCCCCCCC(CCCCCCC/C=C/C/C=C\CCCCC)N[S+]([O-])CCCN(C)C. The molecule has 0 aliphatic carbocycles. The summed E-state index contributed by atoms with van der Waals surface area (Å²) >= 11 is -0.902.